The maximum absolute atomic E-state index is 13.0. The van der Waals surface area contributed by atoms with Gasteiger partial charge in [-0.3, -0.25) is 4.79 Å². The molecule has 2 heterocycles. The maximum atomic E-state index is 13.0. The minimum Gasteiger partial charge on any atom is -0.482 e. The van der Waals surface area contributed by atoms with Gasteiger partial charge in [0, 0.05) is 25.0 Å². The lowest BCUT2D eigenvalue weighted by Crippen LogP contribution is -2.41. The smallest absolute Gasteiger partial charge is 0.437 e. The Morgan fingerprint density at radius 2 is 2.03 bits per heavy atom. The van der Waals surface area contributed by atoms with Crippen LogP contribution in [0.4, 0.5) is 13.2 Å². The Labute approximate surface area is 221 Å². The number of ether oxygens (including phenoxy) is 4. The van der Waals surface area contributed by atoms with Crippen LogP contribution >= 0.6 is 0 Å². The monoisotopic (exact) mass is 551 g/mol. The van der Waals surface area contributed by atoms with Crippen molar-refractivity contribution >= 4 is 28.9 Å². The quantitative estimate of drug-likeness (QED) is 0.141. The number of benzene rings is 1. The minimum atomic E-state index is -4.68. The average molecular weight is 552 g/mol. The van der Waals surface area contributed by atoms with Crippen LogP contribution in [0.25, 0.3) is 11.0 Å². The number of alkyl halides is 3. The van der Waals surface area contributed by atoms with Crippen molar-refractivity contribution in [1.29, 1.82) is 0 Å². The lowest BCUT2D eigenvalue weighted by molar-refractivity contribution is -0.154. The van der Waals surface area contributed by atoms with Crippen LogP contribution in [0.2, 0.25) is 0 Å². The summed E-state index contributed by atoms with van der Waals surface area (Å²) < 4.78 is 65.7. The number of rotatable bonds is 9. The summed E-state index contributed by atoms with van der Waals surface area (Å²) in [5.41, 5.74) is 0.681. The summed E-state index contributed by atoms with van der Waals surface area (Å²) >= 11 is 0. The summed E-state index contributed by atoms with van der Waals surface area (Å²) in [6.07, 6.45) is -4.32. The Hall–Kier alpha value is -3.83. The Bertz CT molecular complexity index is 1330. The van der Waals surface area contributed by atoms with Gasteiger partial charge in [-0.25, -0.2) is 9.59 Å². The zero-order valence-corrected chi connectivity index (χ0v) is 21.6. The maximum Gasteiger partial charge on any atom is 0.437 e. The SMILES string of the molecule is C=C1C(=O)O[C@@H]2CC(C)=C([C@@H](C)CCCOC(C)=O)C(OC(=O)COc3ccc4c(C(F)(F)F)noc4c3)[C@H]12. The molecule has 1 unspecified atom stereocenters. The summed E-state index contributed by atoms with van der Waals surface area (Å²) in [6, 6.07) is 3.62. The molecule has 2 aliphatic rings. The van der Waals surface area contributed by atoms with Crippen LogP contribution in [0, 0.1) is 11.8 Å². The van der Waals surface area contributed by atoms with E-state index in [1.165, 1.54) is 19.1 Å². The molecule has 1 saturated heterocycles. The molecule has 0 N–H and O–H groups in total. The number of carbonyl (C=O) groups is 3. The molecular weight excluding hydrogens is 523 g/mol. The first-order valence-corrected chi connectivity index (χ1v) is 12.4. The molecule has 1 aromatic carbocycles. The second-order valence-corrected chi connectivity index (χ2v) is 9.70. The highest BCUT2D eigenvalue weighted by atomic mass is 19.4. The van der Waals surface area contributed by atoms with Gasteiger partial charge >= 0.3 is 24.1 Å². The van der Waals surface area contributed by atoms with Gasteiger partial charge < -0.3 is 23.5 Å². The molecule has 0 spiro atoms. The number of nitrogens with zero attached hydrogens (tertiary/aromatic N) is 1. The first-order chi connectivity index (χ1) is 18.4. The highest BCUT2D eigenvalue weighted by molar-refractivity contribution is 5.91. The van der Waals surface area contributed by atoms with Crippen LogP contribution in [-0.2, 0) is 34.8 Å². The summed E-state index contributed by atoms with van der Waals surface area (Å²) in [6.45, 7) is 8.76. The molecule has 0 amide bonds. The second kappa shape index (κ2) is 11.1. The molecule has 39 heavy (non-hydrogen) atoms. The molecule has 4 rings (SSSR count). The highest BCUT2D eigenvalue weighted by Crippen LogP contribution is 2.45. The molecular formula is C27H28F3NO8. The fraction of sp³-hybridized carbons (Fsp3) is 0.481. The van der Waals surface area contributed by atoms with E-state index in [9.17, 15) is 27.6 Å². The second-order valence-electron chi connectivity index (χ2n) is 9.70. The van der Waals surface area contributed by atoms with Crippen molar-refractivity contribution in [1.82, 2.24) is 5.16 Å². The van der Waals surface area contributed by atoms with E-state index < -0.39 is 48.5 Å². The Kier molecular flexibility index (Phi) is 8.03. The number of hydrogen-bond donors (Lipinski definition) is 0. The molecule has 12 heteroatoms. The molecule has 4 atom stereocenters. The molecule has 2 aromatic rings. The third-order valence-corrected chi connectivity index (χ3v) is 6.90. The zero-order chi connectivity index (χ0) is 28.5. The first-order valence-electron chi connectivity index (χ1n) is 12.4. The number of hydrogen-bond acceptors (Lipinski definition) is 9. The van der Waals surface area contributed by atoms with Crippen LogP contribution < -0.4 is 4.74 Å². The molecule has 0 radical (unpaired) electrons. The number of fused-ring (bicyclic) bond motifs is 2. The van der Waals surface area contributed by atoms with E-state index in [1.807, 2.05) is 13.8 Å². The van der Waals surface area contributed by atoms with Crippen LogP contribution in [0.1, 0.15) is 45.7 Å². The van der Waals surface area contributed by atoms with Gasteiger partial charge in [-0.15, -0.1) is 0 Å². The Morgan fingerprint density at radius 1 is 1.28 bits per heavy atom. The van der Waals surface area contributed by atoms with Gasteiger partial charge in [0.05, 0.1) is 17.9 Å². The van der Waals surface area contributed by atoms with E-state index in [0.717, 1.165) is 17.2 Å². The first kappa shape index (κ1) is 28.2. The minimum absolute atomic E-state index is 0.0691. The zero-order valence-electron chi connectivity index (χ0n) is 21.6. The molecule has 1 aliphatic carbocycles. The Balaban J connectivity index is 1.47. The molecule has 9 nitrogen and oxygen atoms in total. The van der Waals surface area contributed by atoms with Crippen LogP contribution in [-0.4, -0.2) is 48.5 Å². The number of esters is 3. The molecule has 0 bridgehead atoms. The van der Waals surface area contributed by atoms with E-state index in [-0.39, 0.29) is 40.8 Å². The van der Waals surface area contributed by atoms with Crippen molar-refractivity contribution < 1.29 is 51.0 Å². The van der Waals surface area contributed by atoms with E-state index >= 15 is 0 Å². The van der Waals surface area contributed by atoms with Crippen LogP contribution in [0.15, 0.2) is 46.0 Å². The average Bonchev–Trinajstić information content (AvgIpc) is 3.40. The lowest BCUT2D eigenvalue weighted by atomic mass is 9.73. The van der Waals surface area contributed by atoms with Crippen molar-refractivity contribution in [3.8, 4) is 5.75 Å². The van der Waals surface area contributed by atoms with Gasteiger partial charge in [0.15, 0.2) is 17.9 Å². The predicted molar refractivity (Wildman–Crippen MR) is 129 cm³/mol. The van der Waals surface area contributed by atoms with Gasteiger partial charge in [-0.1, -0.05) is 24.2 Å². The topological polar surface area (TPSA) is 114 Å². The van der Waals surface area contributed by atoms with Gasteiger partial charge in [0.2, 0.25) is 0 Å². The van der Waals surface area contributed by atoms with E-state index in [2.05, 4.69) is 11.7 Å². The normalized spacial score (nSPS) is 21.9. The lowest BCUT2D eigenvalue weighted by Gasteiger charge is -2.37. The number of aromatic nitrogens is 1. The Morgan fingerprint density at radius 3 is 2.72 bits per heavy atom. The van der Waals surface area contributed by atoms with Crippen molar-refractivity contribution in [2.24, 2.45) is 11.8 Å². The van der Waals surface area contributed by atoms with Gasteiger partial charge in [0.1, 0.15) is 18.0 Å². The molecule has 1 aromatic heterocycles. The predicted octanol–water partition coefficient (Wildman–Crippen LogP) is 4.93. The van der Waals surface area contributed by atoms with Gasteiger partial charge in [-0.05, 0) is 43.4 Å². The third kappa shape index (κ3) is 6.10. The summed E-state index contributed by atoms with van der Waals surface area (Å²) in [5.74, 6) is -2.22. The fourth-order valence-corrected chi connectivity index (χ4v) is 5.18. The summed E-state index contributed by atoms with van der Waals surface area (Å²) in [5, 5.41) is 2.83. The largest absolute Gasteiger partial charge is 0.482 e. The van der Waals surface area contributed by atoms with Crippen molar-refractivity contribution in [2.45, 2.75) is 58.4 Å². The number of halogens is 3. The molecule has 0 saturated carbocycles. The molecule has 210 valence electrons. The summed E-state index contributed by atoms with van der Waals surface area (Å²) in [4.78, 5) is 36.2. The highest BCUT2D eigenvalue weighted by Gasteiger charge is 2.50. The van der Waals surface area contributed by atoms with Crippen molar-refractivity contribution in [2.75, 3.05) is 13.2 Å². The molecule has 1 fully saturated rings. The van der Waals surface area contributed by atoms with Crippen LogP contribution in [0.3, 0.4) is 0 Å². The fourth-order valence-electron chi connectivity index (χ4n) is 5.18. The third-order valence-electron chi connectivity index (χ3n) is 6.90. The van der Waals surface area contributed by atoms with Crippen LogP contribution in [0.5, 0.6) is 5.75 Å². The number of carbonyl (C=O) groups excluding carboxylic acids is 3. The van der Waals surface area contributed by atoms with Gasteiger partial charge in [0.25, 0.3) is 0 Å². The van der Waals surface area contributed by atoms with E-state index in [4.69, 9.17) is 23.5 Å². The molecule has 1 aliphatic heterocycles. The van der Waals surface area contributed by atoms with Crippen molar-refractivity contribution in [3.05, 3.63) is 47.2 Å². The van der Waals surface area contributed by atoms with Gasteiger partial charge in [-0.2, -0.15) is 13.2 Å². The summed E-state index contributed by atoms with van der Waals surface area (Å²) in [7, 11) is 0. The van der Waals surface area contributed by atoms with E-state index in [1.54, 1.807) is 0 Å². The van der Waals surface area contributed by atoms with E-state index in [0.29, 0.717) is 19.3 Å². The van der Waals surface area contributed by atoms with Crippen molar-refractivity contribution in [3.63, 3.8) is 0 Å². The standard InChI is InChI=1S/C27H28F3NO8/c1-13(6-5-9-35-16(4)32)22-14(2)10-20-23(15(3)26(34)37-20)24(22)38-21(33)12-36-17-7-8-18-19(11-17)39-31-25(18)27(28,29)30/h7-8,11,13,20,23-24H,3,5-6,9-10,12H2,1-2,4H3/t13-,20+,23+,24?/m0/s1.